The molecule has 0 bridgehead atoms. The summed E-state index contributed by atoms with van der Waals surface area (Å²) in [5, 5.41) is 54.9. The largest absolute Gasteiger partial charge is 0.480 e. The van der Waals surface area contributed by atoms with Crippen molar-refractivity contribution in [3.63, 3.8) is 0 Å². The molecule has 0 saturated heterocycles. The Labute approximate surface area is 247 Å². The quantitative estimate of drug-likeness (QED) is 0.166. The van der Waals surface area contributed by atoms with Gasteiger partial charge in [-0.05, 0) is 54.4 Å². The van der Waals surface area contributed by atoms with Gasteiger partial charge >= 0.3 is 30.1 Å². The summed E-state index contributed by atoms with van der Waals surface area (Å²) in [5.41, 5.74) is 3.70. The van der Waals surface area contributed by atoms with E-state index in [1.165, 1.54) is 0 Å². The van der Waals surface area contributed by atoms with Gasteiger partial charge in [0.1, 0.15) is 29.3 Å². The number of carboxylic acid groups (broad SMARTS) is 3. The number of carboxylic acids is 3. The van der Waals surface area contributed by atoms with Crippen LogP contribution in [0.25, 0.3) is 0 Å². The van der Waals surface area contributed by atoms with E-state index in [1.54, 1.807) is 41.5 Å². The summed E-state index contributed by atoms with van der Waals surface area (Å²) in [4.78, 5) is 53.7. The lowest BCUT2D eigenvalue weighted by Crippen LogP contribution is -2.43. The maximum atomic E-state index is 11.3. The molecule has 0 unspecified atom stereocenters. The van der Waals surface area contributed by atoms with E-state index < -0.39 is 59.4 Å². The third-order valence-corrected chi connectivity index (χ3v) is 3.83. The van der Waals surface area contributed by atoms with Crippen molar-refractivity contribution < 1.29 is 53.9 Å². The minimum Gasteiger partial charge on any atom is -0.480 e. The molecule has 8 N–H and O–H groups in total. The number of aliphatic hydroxyl groups is 1. The van der Waals surface area contributed by atoms with Crippen LogP contribution in [-0.2, 0) is 23.9 Å². The minimum atomic E-state index is -1.20. The molecular formula is C26H49N5O11. The first-order valence-corrected chi connectivity index (χ1v) is 12.0. The van der Waals surface area contributed by atoms with Crippen LogP contribution in [0.4, 0.5) is 9.59 Å². The molecule has 42 heavy (non-hydrogen) atoms. The number of aliphatic carboxylic acids is 3. The molecule has 16 nitrogen and oxygen atoms in total. The Balaban J connectivity index is -0.000000165. The number of rotatable bonds is 11. The Morgan fingerprint density at radius 2 is 1.05 bits per heavy atom. The topological polar surface area (TPSA) is 282 Å². The van der Waals surface area contributed by atoms with Gasteiger partial charge < -0.3 is 46.3 Å². The van der Waals surface area contributed by atoms with Crippen LogP contribution in [0.2, 0.25) is 0 Å². The summed E-state index contributed by atoms with van der Waals surface area (Å²) < 4.78 is 9.77. The fourth-order valence-corrected chi connectivity index (χ4v) is 2.10. The summed E-state index contributed by atoms with van der Waals surface area (Å²) >= 11 is 0. The Morgan fingerprint density at radius 1 is 0.714 bits per heavy atom. The molecule has 0 rings (SSSR count). The van der Waals surface area contributed by atoms with E-state index in [9.17, 15) is 24.0 Å². The van der Waals surface area contributed by atoms with Crippen LogP contribution in [0.3, 0.4) is 0 Å². The smallest absolute Gasteiger partial charge is 0.408 e. The van der Waals surface area contributed by atoms with Crippen molar-refractivity contribution in [3.05, 3.63) is 0 Å². The standard InChI is InChI=1S/C10H16N2O4.C9H17NO5.C5H8N2O2.2CH4/c1-10(2,3)16-9(15)12-7(8(13)14)5-4-6-11;1-9(2,3)15-8(14)10-6(4-5-11)7(12)13;6-3-1-2-4(7)5(8)9;;/h7H,4-5H2,1-3H3,(H,12,15)(H,13,14);6,11H,4-5H2,1-3H3,(H,10,14)(H,12,13);4H,1-2,7H2,(H,8,9);2*1H4/t7-;6-;4-;;/m000../s1/i6+1;;3+1;;. The first-order valence-electron chi connectivity index (χ1n) is 12.0. The third-order valence-electron chi connectivity index (χ3n) is 3.83. The monoisotopic (exact) mass is 609 g/mol. The number of carbonyl (C=O) groups excluding carboxylic acids is 2. The molecule has 2 amide bonds. The van der Waals surface area contributed by atoms with E-state index in [-0.39, 0.29) is 53.6 Å². The van der Waals surface area contributed by atoms with Gasteiger partial charge in [0.05, 0.1) is 12.1 Å². The van der Waals surface area contributed by atoms with E-state index >= 15 is 0 Å². The van der Waals surface area contributed by atoms with Crippen molar-refractivity contribution >= 4 is 30.1 Å². The molecule has 0 aliphatic rings. The molecule has 0 fully saturated rings. The van der Waals surface area contributed by atoms with Crippen molar-refractivity contribution in [2.24, 2.45) is 5.73 Å². The van der Waals surface area contributed by atoms with Gasteiger partial charge in [0.25, 0.3) is 0 Å². The summed E-state index contributed by atoms with van der Waals surface area (Å²) in [7, 11) is 0. The van der Waals surface area contributed by atoms with Crippen molar-refractivity contribution in [2.45, 2.75) is 118 Å². The number of nitriles is 2. The summed E-state index contributed by atoms with van der Waals surface area (Å²) in [6, 6.07) is 0.536. The SMILES string of the molecule is C.C.CC(C)(C)OC(=O)N[C@@H](CCO)C(=O)O.CC(C)(C)OC(=O)N[C@@H](CC[13C]#N)C(=O)O.N#[13C]CC[C@H](N)C(=O)O. The summed E-state index contributed by atoms with van der Waals surface area (Å²) in [5.74, 6) is -3.43. The van der Waals surface area contributed by atoms with Gasteiger partial charge in [-0.1, -0.05) is 14.9 Å². The number of alkyl carbamates (subject to hydrolysis) is 2. The number of hydrogen-bond acceptors (Lipinski definition) is 11. The van der Waals surface area contributed by atoms with Crippen LogP contribution in [0, 0.1) is 22.7 Å². The maximum absolute atomic E-state index is 11.3. The molecule has 0 radical (unpaired) electrons. The number of carbonyl (C=O) groups is 5. The highest BCUT2D eigenvalue weighted by Gasteiger charge is 2.24. The molecule has 0 spiro atoms. The van der Waals surface area contributed by atoms with Crippen molar-refractivity contribution in [1.29, 1.82) is 10.5 Å². The van der Waals surface area contributed by atoms with Gasteiger partial charge in [-0.2, -0.15) is 10.5 Å². The summed E-state index contributed by atoms with van der Waals surface area (Å²) in [6.45, 7) is 9.75. The predicted molar refractivity (Wildman–Crippen MR) is 152 cm³/mol. The van der Waals surface area contributed by atoms with Gasteiger partial charge in [0.15, 0.2) is 0 Å². The third kappa shape index (κ3) is 32.1. The Kier molecular flexibility index (Phi) is 27.9. The van der Waals surface area contributed by atoms with Crippen molar-refractivity contribution in [3.8, 4) is 12.1 Å². The van der Waals surface area contributed by atoms with Crippen molar-refractivity contribution in [1.82, 2.24) is 10.6 Å². The first kappa shape index (κ1) is 47.6. The number of nitrogens with one attached hydrogen (secondary N) is 2. The van der Waals surface area contributed by atoms with Crippen LogP contribution in [0.5, 0.6) is 0 Å². The Hall–Kier alpha value is -4.15. The number of nitrogens with two attached hydrogens (primary N) is 1. The first-order chi connectivity index (χ1) is 18.2. The van der Waals surface area contributed by atoms with Crippen LogP contribution in [-0.4, -0.2) is 86.5 Å². The van der Waals surface area contributed by atoms with E-state index in [1.807, 2.05) is 12.1 Å². The van der Waals surface area contributed by atoms with Gasteiger partial charge in [0, 0.05) is 25.9 Å². The van der Waals surface area contributed by atoms with Gasteiger partial charge in [0.2, 0.25) is 0 Å². The molecular weight excluding hydrogens is 560 g/mol. The minimum absolute atomic E-state index is 0. The fraction of sp³-hybridized carbons (Fsp3) is 0.731. The van der Waals surface area contributed by atoms with Gasteiger partial charge in [-0.3, -0.25) is 4.79 Å². The number of hydrogen-bond donors (Lipinski definition) is 7. The molecule has 0 aromatic carbocycles. The van der Waals surface area contributed by atoms with E-state index in [4.69, 9.17) is 46.2 Å². The number of ether oxygens (including phenoxy) is 2. The second-order valence-electron chi connectivity index (χ2n) is 9.92. The molecule has 244 valence electrons. The Bertz CT molecular complexity index is 900. The van der Waals surface area contributed by atoms with Crippen molar-refractivity contribution in [2.75, 3.05) is 6.61 Å². The predicted octanol–water partition coefficient (Wildman–Crippen LogP) is 2.59. The van der Waals surface area contributed by atoms with Crippen LogP contribution in [0.15, 0.2) is 0 Å². The molecule has 0 heterocycles. The molecule has 0 saturated carbocycles. The van der Waals surface area contributed by atoms with Gasteiger partial charge in [-0.15, -0.1) is 0 Å². The lowest BCUT2D eigenvalue weighted by Gasteiger charge is -2.21. The second kappa shape index (κ2) is 24.6. The highest BCUT2D eigenvalue weighted by Crippen LogP contribution is 2.08. The van der Waals surface area contributed by atoms with Crippen LogP contribution in [0.1, 0.15) is 88.5 Å². The van der Waals surface area contributed by atoms with Crippen LogP contribution < -0.4 is 16.4 Å². The zero-order valence-corrected chi connectivity index (χ0v) is 23.6. The van der Waals surface area contributed by atoms with E-state index in [0.717, 1.165) is 0 Å². The molecule has 3 atom stereocenters. The normalized spacial score (nSPS) is 12.0. The van der Waals surface area contributed by atoms with Gasteiger partial charge in [-0.25, -0.2) is 19.2 Å². The average molecular weight is 610 g/mol. The highest BCUT2D eigenvalue weighted by molar-refractivity contribution is 5.80. The molecule has 0 aromatic rings. The number of nitrogens with zero attached hydrogens (tertiary/aromatic N) is 2. The highest BCUT2D eigenvalue weighted by atomic mass is 16.6. The molecule has 16 heteroatoms. The molecule has 0 aliphatic heterocycles. The van der Waals surface area contributed by atoms with E-state index in [2.05, 4.69) is 10.6 Å². The maximum Gasteiger partial charge on any atom is 0.408 e. The number of aliphatic hydroxyl groups excluding tert-OH is 1. The zero-order valence-electron chi connectivity index (χ0n) is 23.6. The molecule has 0 aromatic heterocycles. The number of amides is 2. The second-order valence-corrected chi connectivity index (χ2v) is 9.92. The fourth-order valence-electron chi connectivity index (χ4n) is 2.10. The lowest BCUT2D eigenvalue weighted by atomic mass is 10.2. The lowest BCUT2D eigenvalue weighted by molar-refractivity contribution is -0.140. The van der Waals surface area contributed by atoms with Crippen LogP contribution >= 0.6 is 0 Å². The van der Waals surface area contributed by atoms with E-state index in [0.29, 0.717) is 0 Å². The summed E-state index contributed by atoms with van der Waals surface area (Å²) in [6.07, 6.45) is -1.09. The molecule has 0 aliphatic carbocycles. The zero-order chi connectivity index (χ0) is 32.1. The Morgan fingerprint density at radius 3 is 1.31 bits per heavy atom. The average Bonchev–Trinajstić information content (AvgIpc) is 2.78.